The van der Waals surface area contributed by atoms with Crippen LogP contribution in [-0.4, -0.2) is 35.7 Å². The Bertz CT molecular complexity index is 1190. The molecular weight excluding hydrogens is 414 g/mol. The van der Waals surface area contributed by atoms with Crippen molar-refractivity contribution < 1.29 is 14.4 Å². The van der Waals surface area contributed by atoms with Gasteiger partial charge in [-0.05, 0) is 73.9 Å². The van der Waals surface area contributed by atoms with Gasteiger partial charge in [0.1, 0.15) is 0 Å². The highest BCUT2D eigenvalue weighted by Gasteiger charge is 2.27. The van der Waals surface area contributed by atoms with E-state index in [9.17, 15) is 14.4 Å². The minimum atomic E-state index is -0.270. The molecule has 0 aliphatic carbocycles. The normalized spacial score (nSPS) is 13.7. The van der Waals surface area contributed by atoms with Gasteiger partial charge in [-0.25, -0.2) is 4.79 Å². The zero-order chi connectivity index (χ0) is 23.4. The highest BCUT2D eigenvalue weighted by atomic mass is 16.2. The molecule has 1 saturated heterocycles. The van der Waals surface area contributed by atoms with E-state index in [0.717, 1.165) is 17.5 Å². The van der Waals surface area contributed by atoms with Crippen LogP contribution in [0.5, 0.6) is 0 Å². The van der Waals surface area contributed by atoms with Gasteiger partial charge in [-0.3, -0.25) is 14.5 Å². The standard InChI is InChI=1S/C27H27N3O3/c1-19-7-3-4-8-23(19)18-29-15-6-16-30(27(29)33)25-10-5-9-22(17-25)26(32)28-24-13-11-21(12-14-24)20(2)31/h3-5,7-14,17H,6,15-16,18H2,1-2H3,(H,28,32). The van der Waals surface area contributed by atoms with E-state index in [2.05, 4.69) is 24.4 Å². The number of nitrogens with one attached hydrogen (secondary N) is 1. The van der Waals surface area contributed by atoms with Gasteiger partial charge in [-0.15, -0.1) is 0 Å². The molecule has 1 heterocycles. The summed E-state index contributed by atoms with van der Waals surface area (Å²) in [7, 11) is 0. The molecule has 6 heteroatoms. The molecule has 3 aromatic rings. The Hall–Kier alpha value is -3.93. The number of anilines is 2. The summed E-state index contributed by atoms with van der Waals surface area (Å²) in [5.41, 5.74) is 4.66. The second kappa shape index (κ2) is 9.69. The second-order valence-corrected chi connectivity index (χ2v) is 8.27. The Morgan fingerprint density at radius 1 is 0.909 bits per heavy atom. The molecule has 0 radical (unpaired) electrons. The quantitative estimate of drug-likeness (QED) is 0.529. The molecule has 4 rings (SSSR count). The van der Waals surface area contributed by atoms with Gasteiger partial charge in [0.05, 0.1) is 0 Å². The fourth-order valence-corrected chi connectivity index (χ4v) is 3.97. The number of hydrogen-bond donors (Lipinski definition) is 1. The van der Waals surface area contributed by atoms with Crippen LogP contribution in [0.3, 0.4) is 0 Å². The van der Waals surface area contributed by atoms with Crippen molar-refractivity contribution in [1.82, 2.24) is 4.90 Å². The number of rotatable bonds is 6. The first kappa shape index (κ1) is 22.3. The van der Waals surface area contributed by atoms with E-state index < -0.39 is 0 Å². The number of aryl methyl sites for hydroxylation is 1. The average molecular weight is 442 g/mol. The van der Waals surface area contributed by atoms with E-state index in [1.54, 1.807) is 47.4 Å². The molecule has 33 heavy (non-hydrogen) atoms. The third-order valence-electron chi connectivity index (χ3n) is 5.90. The molecule has 0 bridgehead atoms. The Balaban J connectivity index is 1.48. The van der Waals surface area contributed by atoms with Crippen LogP contribution in [0.25, 0.3) is 0 Å². The molecule has 0 aromatic heterocycles. The Morgan fingerprint density at radius 2 is 1.67 bits per heavy atom. The number of nitrogens with zero attached hydrogens (tertiary/aromatic N) is 2. The monoisotopic (exact) mass is 441 g/mol. The zero-order valence-corrected chi connectivity index (χ0v) is 18.9. The number of benzene rings is 3. The van der Waals surface area contributed by atoms with E-state index >= 15 is 0 Å². The zero-order valence-electron chi connectivity index (χ0n) is 18.9. The molecule has 1 fully saturated rings. The summed E-state index contributed by atoms with van der Waals surface area (Å²) in [4.78, 5) is 41.1. The summed E-state index contributed by atoms with van der Waals surface area (Å²) in [6.45, 7) is 5.44. The van der Waals surface area contributed by atoms with Gasteiger partial charge in [-0.1, -0.05) is 30.3 Å². The fraction of sp³-hybridized carbons (Fsp3) is 0.222. The van der Waals surface area contributed by atoms with Crippen molar-refractivity contribution in [2.24, 2.45) is 0 Å². The topological polar surface area (TPSA) is 69.7 Å². The summed E-state index contributed by atoms with van der Waals surface area (Å²) >= 11 is 0. The largest absolute Gasteiger partial charge is 0.324 e. The minimum absolute atomic E-state index is 0.0248. The van der Waals surface area contributed by atoms with Gasteiger partial charge in [0.2, 0.25) is 0 Å². The Morgan fingerprint density at radius 3 is 2.39 bits per heavy atom. The van der Waals surface area contributed by atoms with Crippen LogP contribution in [0.2, 0.25) is 0 Å². The van der Waals surface area contributed by atoms with Crippen LogP contribution in [0.15, 0.2) is 72.8 Å². The number of carbonyl (C=O) groups is 3. The van der Waals surface area contributed by atoms with Crippen LogP contribution in [0, 0.1) is 6.92 Å². The smallest absolute Gasteiger partial charge is 0.322 e. The molecule has 0 atom stereocenters. The van der Waals surface area contributed by atoms with Crippen LogP contribution in [-0.2, 0) is 6.54 Å². The summed E-state index contributed by atoms with van der Waals surface area (Å²) in [5, 5.41) is 2.85. The summed E-state index contributed by atoms with van der Waals surface area (Å²) in [6.07, 6.45) is 0.858. The second-order valence-electron chi connectivity index (χ2n) is 8.27. The lowest BCUT2D eigenvalue weighted by atomic mass is 10.1. The van der Waals surface area contributed by atoms with Crippen molar-refractivity contribution in [3.05, 3.63) is 95.1 Å². The predicted molar refractivity (Wildman–Crippen MR) is 130 cm³/mol. The SMILES string of the molecule is CC(=O)c1ccc(NC(=O)c2cccc(N3CCCN(Cc4ccccc4C)C3=O)c2)cc1. The maximum absolute atomic E-state index is 13.2. The molecule has 168 valence electrons. The third-order valence-corrected chi connectivity index (χ3v) is 5.90. The molecular formula is C27H27N3O3. The molecule has 1 aliphatic rings. The van der Waals surface area contributed by atoms with Gasteiger partial charge >= 0.3 is 6.03 Å². The summed E-state index contributed by atoms with van der Waals surface area (Å²) < 4.78 is 0. The number of Topliss-reactive ketones (excluding diaryl/α,β-unsaturated/α-hetero) is 1. The maximum atomic E-state index is 13.2. The molecule has 3 aromatic carbocycles. The van der Waals surface area contributed by atoms with Crippen molar-refractivity contribution in [1.29, 1.82) is 0 Å². The van der Waals surface area contributed by atoms with E-state index in [1.807, 2.05) is 23.1 Å². The lowest BCUT2D eigenvalue weighted by Crippen LogP contribution is -2.49. The van der Waals surface area contributed by atoms with Gasteiger partial charge in [0.25, 0.3) is 5.91 Å². The molecule has 0 unspecified atom stereocenters. The van der Waals surface area contributed by atoms with Crippen molar-refractivity contribution in [2.45, 2.75) is 26.8 Å². The Labute approximate surface area is 193 Å². The minimum Gasteiger partial charge on any atom is -0.322 e. The highest BCUT2D eigenvalue weighted by molar-refractivity contribution is 6.05. The number of hydrogen-bond acceptors (Lipinski definition) is 3. The lowest BCUT2D eigenvalue weighted by Gasteiger charge is -2.36. The number of amides is 3. The number of ketones is 1. The maximum Gasteiger partial charge on any atom is 0.324 e. The van der Waals surface area contributed by atoms with Crippen molar-refractivity contribution in [3.8, 4) is 0 Å². The molecule has 1 N–H and O–H groups in total. The highest BCUT2D eigenvalue weighted by Crippen LogP contribution is 2.24. The molecule has 3 amide bonds. The first-order valence-electron chi connectivity index (χ1n) is 11.1. The van der Waals surface area contributed by atoms with Gasteiger partial charge in [-0.2, -0.15) is 0 Å². The van der Waals surface area contributed by atoms with Crippen molar-refractivity contribution in [3.63, 3.8) is 0 Å². The van der Waals surface area contributed by atoms with Crippen LogP contribution < -0.4 is 10.2 Å². The molecule has 0 spiro atoms. The Kier molecular flexibility index (Phi) is 6.54. The van der Waals surface area contributed by atoms with E-state index in [0.29, 0.717) is 42.1 Å². The predicted octanol–water partition coefficient (Wildman–Crippen LogP) is 5.28. The van der Waals surface area contributed by atoms with Gasteiger partial charge < -0.3 is 10.2 Å². The van der Waals surface area contributed by atoms with E-state index in [4.69, 9.17) is 0 Å². The van der Waals surface area contributed by atoms with Gasteiger partial charge in [0, 0.05) is 42.1 Å². The molecule has 0 saturated carbocycles. The summed E-state index contributed by atoms with van der Waals surface area (Å²) in [5.74, 6) is -0.295. The van der Waals surface area contributed by atoms with E-state index in [1.165, 1.54) is 6.92 Å². The van der Waals surface area contributed by atoms with E-state index in [-0.39, 0.29) is 17.7 Å². The van der Waals surface area contributed by atoms with Crippen molar-refractivity contribution in [2.75, 3.05) is 23.3 Å². The van der Waals surface area contributed by atoms with Crippen LogP contribution in [0.4, 0.5) is 16.2 Å². The number of urea groups is 1. The summed E-state index contributed by atoms with van der Waals surface area (Å²) in [6, 6.07) is 21.9. The average Bonchev–Trinajstić information content (AvgIpc) is 2.82. The van der Waals surface area contributed by atoms with Gasteiger partial charge in [0.15, 0.2) is 5.78 Å². The van der Waals surface area contributed by atoms with Crippen LogP contribution in [0.1, 0.15) is 45.2 Å². The molecule has 6 nitrogen and oxygen atoms in total. The van der Waals surface area contributed by atoms with Crippen LogP contribution >= 0.6 is 0 Å². The lowest BCUT2D eigenvalue weighted by molar-refractivity contribution is 0.101. The third kappa shape index (κ3) is 5.12. The van der Waals surface area contributed by atoms with Crippen molar-refractivity contribution >= 4 is 29.1 Å². The first-order valence-corrected chi connectivity index (χ1v) is 11.1. The molecule has 1 aliphatic heterocycles. The fourth-order valence-electron chi connectivity index (χ4n) is 3.97. The number of carbonyl (C=O) groups excluding carboxylic acids is 3. The first-order chi connectivity index (χ1) is 15.9.